The van der Waals surface area contributed by atoms with E-state index in [4.69, 9.17) is 0 Å². The Balaban J connectivity index is 1.99. The quantitative estimate of drug-likeness (QED) is 0.507. The number of hydrogen-bond donors (Lipinski definition) is 1. The van der Waals surface area contributed by atoms with Gasteiger partial charge in [0.25, 0.3) is 0 Å². The molecular formula is C9H19N2+. The summed E-state index contributed by atoms with van der Waals surface area (Å²) >= 11 is 0. The number of likely N-dealkylation sites (tertiary alicyclic amines) is 1. The zero-order chi connectivity index (χ0) is 7.68. The Morgan fingerprint density at radius 2 is 2.27 bits per heavy atom. The second-order valence-electron chi connectivity index (χ2n) is 4.05. The molecule has 2 unspecified atom stereocenters. The topological polar surface area (TPSA) is 19.9 Å². The Morgan fingerprint density at radius 1 is 1.36 bits per heavy atom. The first-order valence-electron chi connectivity index (χ1n) is 4.90. The van der Waals surface area contributed by atoms with Crippen LogP contribution < -0.4 is 5.32 Å². The van der Waals surface area contributed by atoms with E-state index in [-0.39, 0.29) is 0 Å². The van der Waals surface area contributed by atoms with Gasteiger partial charge in [-0.05, 0) is 26.4 Å². The maximum Gasteiger partial charge on any atom is 0.0799 e. The molecule has 2 nitrogen and oxygen atoms in total. The highest BCUT2D eigenvalue weighted by Crippen LogP contribution is 2.24. The standard InChI is InChI=1S/C9H18N2/c1-11-6-2-3-8-7-10-5-4-9(8)11/h8-10H,2-7H2,1H3/p+1. The highest BCUT2D eigenvalue weighted by atomic mass is 15.2. The molecule has 2 fully saturated rings. The van der Waals surface area contributed by atoms with Crippen LogP contribution >= 0.6 is 0 Å². The lowest BCUT2D eigenvalue weighted by Gasteiger charge is -2.40. The largest absolute Gasteiger partial charge is 0.346 e. The van der Waals surface area contributed by atoms with Crippen LogP contribution in [0, 0.1) is 5.92 Å². The molecule has 0 aromatic heterocycles. The fourth-order valence-electron chi connectivity index (χ4n) is 2.67. The number of rotatable bonds is 0. The summed E-state index contributed by atoms with van der Waals surface area (Å²) in [6.07, 6.45) is 4.32. The van der Waals surface area contributed by atoms with Crippen molar-refractivity contribution in [3.05, 3.63) is 0 Å². The Kier molecular flexibility index (Phi) is 2.14. The molecule has 11 heavy (non-hydrogen) atoms. The minimum absolute atomic E-state index is 0.925. The third-order valence-corrected chi connectivity index (χ3v) is 3.33. The smallest absolute Gasteiger partial charge is 0.0799 e. The van der Waals surface area contributed by atoms with Crippen LogP contribution in [0.15, 0.2) is 0 Å². The number of piperidine rings is 2. The predicted octanol–water partition coefficient (Wildman–Crippen LogP) is -0.336. The van der Waals surface area contributed by atoms with E-state index in [9.17, 15) is 0 Å². The molecule has 2 heterocycles. The van der Waals surface area contributed by atoms with E-state index in [1.165, 1.54) is 38.9 Å². The number of nitrogens with zero attached hydrogens (tertiary/aromatic N) is 1. The van der Waals surface area contributed by atoms with Crippen LogP contribution in [0.4, 0.5) is 0 Å². The Labute approximate surface area is 69.0 Å². The molecule has 2 atom stereocenters. The SMILES string of the molecule is CN1CCCC2C[NH2+]CCC21. The number of fused-ring (bicyclic) bond motifs is 1. The highest BCUT2D eigenvalue weighted by molar-refractivity contribution is 4.83. The van der Waals surface area contributed by atoms with E-state index < -0.39 is 0 Å². The second-order valence-corrected chi connectivity index (χ2v) is 4.05. The molecule has 0 aliphatic carbocycles. The summed E-state index contributed by atoms with van der Waals surface area (Å²) in [6, 6.07) is 0.925. The molecule has 2 rings (SSSR count). The van der Waals surface area contributed by atoms with Crippen LogP contribution in [0.2, 0.25) is 0 Å². The van der Waals surface area contributed by atoms with Gasteiger partial charge in [0.15, 0.2) is 0 Å². The van der Waals surface area contributed by atoms with E-state index in [2.05, 4.69) is 17.3 Å². The van der Waals surface area contributed by atoms with Crippen molar-refractivity contribution in [2.75, 3.05) is 26.7 Å². The van der Waals surface area contributed by atoms with E-state index in [1.54, 1.807) is 0 Å². The van der Waals surface area contributed by atoms with Crippen LogP contribution in [0.3, 0.4) is 0 Å². The molecule has 0 aromatic carbocycles. The minimum atomic E-state index is 0.925. The van der Waals surface area contributed by atoms with Crippen molar-refractivity contribution in [2.24, 2.45) is 5.92 Å². The third-order valence-electron chi connectivity index (χ3n) is 3.33. The first kappa shape index (κ1) is 7.56. The van der Waals surface area contributed by atoms with E-state index in [0.717, 1.165) is 12.0 Å². The van der Waals surface area contributed by atoms with E-state index in [1.807, 2.05) is 0 Å². The van der Waals surface area contributed by atoms with Gasteiger partial charge in [-0.15, -0.1) is 0 Å². The van der Waals surface area contributed by atoms with Gasteiger partial charge in [-0.3, -0.25) is 0 Å². The fourth-order valence-corrected chi connectivity index (χ4v) is 2.67. The number of hydrogen-bond acceptors (Lipinski definition) is 1. The van der Waals surface area contributed by atoms with Gasteiger partial charge in [-0.2, -0.15) is 0 Å². The van der Waals surface area contributed by atoms with Crippen LogP contribution in [-0.2, 0) is 0 Å². The molecule has 2 N–H and O–H groups in total. The van der Waals surface area contributed by atoms with Crippen molar-refractivity contribution in [1.82, 2.24) is 4.90 Å². The molecule has 0 spiro atoms. The van der Waals surface area contributed by atoms with Crippen LogP contribution in [0.5, 0.6) is 0 Å². The summed E-state index contributed by atoms with van der Waals surface area (Å²) in [5.74, 6) is 1.00. The second kappa shape index (κ2) is 3.11. The molecule has 2 saturated heterocycles. The highest BCUT2D eigenvalue weighted by Gasteiger charge is 2.32. The summed E-state index contributed by atoms with van der Waals surface area (Å²) in [4.78, 5) is 2.57. The summed E-state index contributed by atoms with van der Waals surface area (Å²) in [6.45, 7) is 4.07. The van der Waals surface area contributed by atoms with Crippen molar-refractivity contribution in [2.45, 2.75) is 25.3 Å². The molecule has 64 valence electrons. The van der Waals surface area contributed by atoms with Gasteiger partial charge in [-0.25, -0.2) is 0 Å². The molecule has 2 aliphatic rings. The molecule has 0 saturated carbocycles. The van der Waals surface area contributed by atoms with Gasteiger partial charge >= 0.3 is 0 Å². The molecular weight excluding hydrogens is 136 g/mol. The predicted molar refractivity (Wildman–Crippen MR) is 45.4 cm³/mol. The Bertz CT molecular complexity index is 134. The first-order chi connectivity index (χ1) is 5.38. The van der Waals surface area contributed by atoms with Crippen molar-refractivity contribution in [3.63, 3.8) is 0 Å². The van der Waals surface area contributed by atoms with E-state index in [0.29, 0.717) is 0 Å². The maximum absolute atomic E-state index is 2.57. The fraction of sp³-hybridized carbons (Fsp3) is 1.00. The van der Waals surface area contributed by atoms with Gasteiger partial charge in [0.2, 0.25) is 0 Å². The lowest BCUT2D eigenvalue weighted by Crippen LogP contribution is -2.89. The molecule has 0 bridgehead atoms. The van der Waals surface area contributed by atoms with Gasteiger partial charge < -0.3 is 10.2 Å². The van der Waals surface area contributed by atoms with Crippen molar-refractivity contribution >= 4 is 0 Å². The average molecular weight is 155 g/mol. The lowest BCUT2D eigenvalue weighted by atomic mass is 9.85. The van der Waals surface area contributed by atoms with Crippen molar-refractivity contribution in [3.8, 4) is 0 Å². The number of quaternary nitrogens is 1. The Hall–Kier alpha value is -0.0800. The zero-order valence-electron chi connectivity index (χ0n) is 7.42. The van der Waals surface area contributed by atoms with Crippen molar-refractivity contribution < 1.29 is 5.32 Å². The molecule has 2 heteroatoms. The van der Waals surface area contributed by atoms with Crippen molar-refractivity contribution in [1.29, 1.82) is 0 Å². The first-order valence-corrected chi connectivity index (χ1v) is 4.90. The molecule has 0 aromatic rings. The lowest BCUT2D eigenvalue weighted by molar-refractivity contribution is -0.671. The average Bonchev–Trinajstić information content (AvgIpc) is 2.06. The minimum Gasteiger partial charge on any atom is -0.346 e. The monoisotopic (exact) mass is 155 g/mol. The molecule has 0 radical (unpaired) electrons. The molecule has 2 aliphatic heterocycles. The summed E-state index contributed by atoms with van der Waals surface area (Å²) < 4.78 is 0. The zero-order valence-corrected chi connectivity index (χ0v) is 7.42. The van der Waals surface area contributed by atoms with Crippen LogP contribution in [-0.4, -0.2) is 37.6 Å². The Morgan fingerprint density at radius 3 is 3.09 bits per heavy atom. The van der Waals surface area contributed by atoms with Crippen LogP contribution in [0.25, 0.3) is 0 Å². The molecule has 0 amide bonds. The van der Waals surface area contributed by atoms with Gasteiger partial charge in [0.05, 0.1) is 13.1 Å². The maximum atomic E-state index is 2.57. The summed E-state index contributed by atoms with van der Waals surface area (Å²) in [7, 11) is 2.29. The van der Waals surface area contributed by atoms with Crippen LogP contribution in [0.1, 0.15) is 19.3 Å². The van der Waals surface area contributed by atoms with Gasteiger partial charge in [0, 0.05) is 18.4 Å². The van der Waals surface area contributed by atoms with E-state index >= 15 is 0 Å². The summed E-state index contributed by atoms with van der Waals surface area (Å²) in [5.41, 5.74) is 0. The number of nitrogens with two attached hydrogens (primary N) is 1. The van der Waals surface area contributed by atoms with Gasteiger partial charge in [0.1, 0.15) is 0 Å². The summed E-state index contributed by atoms with van der Waals surface area (Å²) in [5, 5.41) is 2.49. The normalized spacial score (nSPS) is 40.1. The van der Waals surface area contributed by atoms with Gasteiger partial charge in [-0.1, -0.05) is 0 Å². The third kappa shape index (κ3) is 1.42.